The maximum absolute atomic E-state index is 12.8. The van der Waals surface area contributed by atoms with Gasteiger partial charge in [-0.3, -0.25) is 9.69 Å². The van der Waals surface area contributed by atoms with Crippen LogP contribution in [-0.4, -0.2) is 16.8 Å². The fraction of sp³-hybridized carbons (Fsp3) is 0.158. The van der Waals surface area contributed by atoms with E-state index >= 15 is 0 Å². The van der Waals surface area contributed by atoms with Gasteiger partial charge >= 0.3 is 0 Å². The summed E-state index contributed by atoms with van der Waals surface area (Å²) in [4.78, 5) is 15.0. The van der Waals surface area contributed by atoms with Gasteiger partial charge in [-0.2, -0.15) is 0 Å². The number of para-hydroxylation sites is 1. The van der Waals surface area contributed by atoms with Crippen LogP contribution in [0.25, 0.3) is 6.08 Å². The first-order chi connectivity index (χ1) is 11.6. The zero-order valence-electron chi connectivity index (χ0n) is 13.5. The standard InChI is InChI=1S/C19H17NO2S2/c1-3-22-15-10-8-14(9-11-15)12-17-18(21)20(19(23)24-17)16-7-5-4-6-13(16)2/h4-12H,3H2,1-2H3/b17-12+. The minimum absolute atomic E-state index is 0.0758. The molecule has 0 aliphatic carbocycles. The number of hydrogen-bond donors (Lipinski definition) is 0. The van der Waals surface area contributed by atoms with Crippen molar-refractivity contribution in [2.45, 2.75) is 13.8 Å². The number of amides is 1. The van der Waals surface area contributed by atoms with Crippen molar-refractivity contribution in [2.24, 2.45) is 0 Å². The van der Waals surface area contributed by atoms with Gasteiger partial charge in [0.05, 0.1) is 17.2 Å². The van der Waals surface area contributed by atoms with E-state index in [1.165, 1.54) is 11.8 Å². The van der Waals surface area contributed by atoms with Crippen LogP contribution in [-0.2, 0) is 4.79 Å². The van der Waals surface area contributed by atoms with Crippen molar-refractivity contribution in [3.05, 3.63) is 64.6 Å². The van der Waals surface area contributed by atoms with Crippen molar-refractivity contribution in [3.8, 4) is 5.75 Å². The maximum atomic E-state index is 12.8. The molecule has 1 saturated heterocycles. The van der Waals surface area contributed by atoms with E-state index in [4.69, 9.17) is 17.0 Å². The third kappa shape index (κ3) is 3.37. The van der Waals surface area contributed by atoms with Crippen LogP contribution in [0.2, 0.25) is 0 Å². The Balaban J connectivity index is 1.87. The summed E-state index contributed by atoms with van der Waals surface area (Å²) < 4.78 is 6.00. The summed E-state index contributed by atoms with van der Waals surface area (Å²) in [6.45, 7) is 4.56. The summed E-state index contributed by atoms with van der Waals surface area (Å²) in [7, 11) is 0. The van der Waals surface area contributed by atoms with Crippen molar-refractivity contribution in [1.82, 2.24) is 0 Å². The number of nitrogens with zero attached hydrogens (tertiary/aromatic N) is 1. The topological polar surface area (TPSA) is 29.5 Å². The lowest BCUT2D eigenvalue weighted by Crippen LogP contribution is -2.28. The van der Waals surface area contributed by atoms with Gasteiger partial charge in [-0.25, -0.2) is 0 Å². The smallest absolute Gasteiger partial charge is 0.270 e. The highest BCUT2D eigenvalue weighted by molar-refractivity contribution is 8.27. The van der Waals surface area contributed by atoms with Gasteiger partial charge in [-0.15, -0.1) is 0 Å². The molecule has 0 bridgehead atoms. The van der Waals surface area contributed by atoms with E-state index in [0.717, 1.165) is 22.6 Å². The SMILES string of the molecule is CCOc1ccc(/C=C2/SC(=S)N(c3ccccc3C)C2=O)cc1. The Morgan fingerprint density at radius 3 is 2.54 bits per heavy atom. The van der Waals surface area contributed by atoms with Crippen LogP contribution in [0.15, 0.2) is 53.4 Å². The van der Waals surface area contributed by atoms with Gasteiger partial charge in [0.1, 0.15) is 5.75 Å². The molecule has 2 aromatic carbocycles. The first kappa shape index (κ1) is 16.7. The molecule has 0 unspecified atom stereocenters. The Morgan fingerprint density at radius 2 is 1.88 bits per heavy atom. The van der Waals surface area contributed by atoms with Gasteiger partial charge in [0.2, 0.25) is 0 Å². The molecule has 1 amide bonds. The molecule has 0 saturated carbocycles. The predicted octanol–water partition coefficient (Wildman–Crippen LogP) is 4.80. The van der Waals surface area contributed by atoms with Crippen LogP contribution < -0.4 is 9.64 Å². The van der Waals surface area contributed by atoms with Crippen molar-refractivity contribution in [2.75, 3.05) is 11.5 Å². The number of aryl methyl sites for hydroxylation is 1. The lowest BCUT2D eigenvalue weighted by molar-refractivity contribution is -0.113. The average molecular weight is 355 g/mol. The largest absolute Gasteiger partial charge is 0.494 e. The molecule has 2 aromatic rings. The van der Waals surface area contributed by atoms with Gasteiger partial charge in [0.15, 0.2) is 4.32 Å². The van der Waals surface area contributed by atoms with E-state index in [-0.39, 0.29) is 5.91 Å². The van der Waals surface area contributed by atoms with E-state index in [0.29, 0.717) is 15.8 Å². The molecule has 0 radical (unpaired) electrons. The van der Waals surface area contributed by atoms with Crippen molar-refractivity contribution >= 4 is 46.0 Å². The molecule has 0 atom stereocenters. The highest BCUT2D eigenvalue weighted by Gasteiger charge is 2.33. The van der Waals surface area contributed by atoms with Gasteiger partial charge in [-0.05, 0) is 49.2 Å². The Bertz CT molecular complexity index is 812. The van der Waals surface area contributed by atoms with E-state index in [9.17, 15) is 4.79 Å². The molecule has 24 heavy (non-hydrogen) atoms. The molecule has 1 aliphatic heterocycles. The summed E-state index contributed by atoms with van der Waals surface area (Å²) in [5.74, 6) is 0.746. The molecule has 3 nitrogen and oxygen atoms in total. The second kappa shape index (κ2) is 7.20. The first-order valence-corrected chi connectivity index (χ1v) is 8.89. The number of thioether (sulfide) groups is 1. The highest BCUT2D eigenvalue weighted by Crippen LogP contribution is 2.37. The molecule has 5 heteroatoms. The first-order valence-electron chi connectivity index (χ1n) is 7.66. The number of carbonyl (C=O) groups excluding carboxylic acids is 1. The number of thiocarbonyl (C=S) groups is 1. The lowest BCUT2D eigenvalue weighted by Gasteiger charge is -2.16. The average Bonchev–Trinajstić information content (AvgIpc) is 2.84. The second-order valence-electron chi connectivity index (χ2n) is 5.31. The quantitative estimate of drug-likeness (QED) is 0.582. The number of rotatable bonds is 4. The number of hydrogen-bond acceptors (Lipinski definition) is 4. The zero-order valence-corrected chi connectivity index (χ0v) is 15.1. The van der Waals surface area contributed by atoms with E-state index in [2.05, 4.69) is 0 Å². The molecule has 3 rings (SSSR count). The van der Waals surface area contributed by atoms with E-state index in [1.54, 1.807) is 4.90 Å². The summed E-state index contributed by atoms with van der Waals surface area (Å²) in [6, 6.07) is 15.4. The van der Waals surface area contributed by atoms with Crippen LogP contribution in [0.5, 0.6) is 5.75 Å². The molecular formula is C19H17NO2S2. The minimum atomic E-state index is -0.0758. The second-order valence-corrected chi connectivity index (χ2v) is 6.98. The monoisotopic (exact) mass is 355 g/mol. The van der Waals surface area contributed by atoms with Gasteiger partial charge in [0.25, 0.3) is 5.91 Å². The van der Waals surface area contributed by atoms with Crippen LogP contribution in [0.3, 0.4) is 0 Å². The lowest BCUT2D eigenvalue weighted by atomic mass is 10.1. The molecule has 1 aliphatic rings. The van der Waals surface area contributed by atoms with Crippen molar-refractivity contribution in [1.29, 1.82) is 0 Å². The maximum Gasteiger partial charge on any atom is 0.270 e. The zero-order chi connectivity index (χ0) is 17.1. The fourth-order valence-corrected chi connectivity index (χ4v) is 3.75. The van der Waals surface area contributed by atoms with Crippen LogP contribution in [0.4, 0.5) is 5.69 Å². The van der Waals surface area contributed by atoms with Crippen molar-refractivity contribution < 1.29 is 9.53 Å². The van der Waals surface area contributed by atoms with Gasteiger partial charge in [0, 0.05) is 0 Å². The molecule has 122 valence electrons. The summed E-state index contributed by atoms with van der Waals surface area (Å²) >= 11 is 6.75. The van der Waals surface area contributed by atoms with Crippen molar-refractivity contribution in [3.63, 3.8) is 0 Å². The van der Waals surface area contributed by atoms with Crippen LogP contribution in [0.1, 0.15) is 18.1 Å². The Labute approximate surface area is 151 Å². The number of anilines is 1. The summed E-state index contributed by atoms with van der Waals surface area (Å²) in [5, 5.41) is 0. The van der Waals surface area contributed by atoms with Crippen LogP contribution in [0, 0.1) is 6.92 Å². The highest BCUT2D eigenvalue weighted by atomic mass is 32.2. The predicted molar refractivity (Wildman–Crippen MR) is 104 cm³/mol. The molecule has 1 heterocycles. The van der Waals surface area contributed by atoms with E-state index < -0.39 is 0 Å². The molecule has 1 fully saturated rings. The number of carbonyl (C=O) groups is 1. The molecule has 0 aromatic heterocycles. The summed E-state index contributed by atoms with van der Waals surface area (Å²) in [5.41, 5.74) is 2.81. The third-order valence-corrected chi connectivity index (χ3v) is 4.94. The van der Waals surface area contributed by atoms with Gasteiger partial charge in [-0.1, -0.05) is 54.3 Å². The Kier molecular flexibility index (Phi) is 5.02. The minimum Gasteiger partial charge on any atom is -0.494 e. The molecular weight excluding hydrogens is 338 g/mol. The van der Waals surface area contributed by atoms with Gasteiger partial charge < -0.3 is 4.74 Å². The molecule has 0 spiro atoms. The Morgan fingerprint density at radius 1 is 1.17 bits per heavy atom. The number of ether oxygens (including phenoxy) is 1. The normalized spacial score (nSPS) is 16.1. The third-order valence-electron chi connectivity index (χ3n) is 3.64. The van der Waals surface area contributed by atoms with Crippen LogP contribution >= 0.6 is 24.0 Å². The summed E-state index contributed by atoms with van der Waals surface area (Å²) in [6.07, 6.45) is 1.87. The van der Waals surface area contributed by atoms with E-state index in [1.807, 2.05) is 68.5 Å². The molecule has 0 N–H and O–H groups in total. The Hall–Kier alpha value is -2.11. The number of benzene rings is 2. The fourth-order valence-electron chi connectivity index (χ4n) is 2.47.